The highest BCUT2D eigenvalue weighted by Gasteiger charge is 2.40. The predicted octanol–water partition coefficient (Wildman–Crippen LogP) is 5.34. The molecule has 3 nitrogen and oxygen atoms in total. The highest BCUT2D eigenvalue weighted by Crippen LogP contribution is 2.37. The number of nitrogens with zero attached hydrogens (tertiary/aromatic N) is 1. The Hall–Kier alpha value is -2.24. The molecule has 1 aromatic rings. The summed E-state index contributed by atoms with van der Waals surface area (Å²) in [6.07, 6.45) is 1.56. The Balaban J connectivity index is 1.57. The second kappa shape index (κ2) is 7.76. The summed E-state index contributed by atoms with van der Waals surface area (Å²) in [6, 6.07) is 9.38. The highest BCUT2D eigenvalue weighted by molar-refractivity contribution is 5.70. The minimum Gasteiger partial charge on any atom is -0.445 e. The number of fused-ring (bicyclic) bond motifs is 2. The van der Waals surface area contributed by atoms with Crippen molar-refractivity contribution in [2.45, 2.75) is 50.8 Å². The molecule has 2 unspecified atom stereocenters. The number of amides is 1. The normalized spacial score (nSPS) is 21.7. The van der Waals surface area contributed by atoms with Crippen LogP contribution in [-0.2, 0) is 11.3 Å². The lowest BCUT2D eigenvalue weighted by molar-refractivity contribution is 0.0814. The van der Waals surface area contributed by atoms with Crippen LogP contribution in [0, 0.1) is 0 Å². The molecule has 1 aromatic carbocycles. The molecule has 1 fully saturated rings. The third-order valence-electron chi connectivity index (χ3n) is 4.76. The summed E-state index contributed by atoms with van der Waals surface area (Å²) >= 11 is 0. The lowest BCUT2D eigenvalue weighted by atomic mass is 9.97. The number of benzene rings is 1. The van der Waals surface area contributed by atoms with Gasteiger partial charge in [0.25, 0.3) is 0 Å². The van der Waals surface area contributed by atoms with Crippen LogP contribution in [0.2, 0.25) is 0 Å². The van der Waals surface area contributed by atoms with E-state index in [1.54, 1.807) is 4.90 Å². The summed E-state index contributed by atoms with van der Waals surface area (Å²) in [6.45, 7) is 0.220. The van der Waals surface area contributed by atoms with Gasteiger partial charge in [-0.2, -0.15) is 8.78 Å². The van der Waals surface area contributed by atoms with E-state index in [1.807, 2.05) is 36.4 Å². The quantitative estimate of drug-likeness (QED) is 0.670. The Labute approximate surface area is 144 Å². The fourth-order valence-electron chi connectivity index (χ4n) is 3.55. The molecule has 1 saturated heterocycles. The Morgan fingerprint density at radius 1 is 1.16 bits per heavy atom. The minimum absolute atomic E-state index is 0.00976. The molecule has 0 radical (unpaired) electrons. The molecule has 0 aliphatic carbocycles. The minimum atomic E-state index is -2.24. The van der Waals surface area contributed by atoms with E-state index in [-0.39, 0.29) is 37.6 Å². The second-order valence-corrected chi connectivity index (χ2v) is 6.44. The summed E-state index contributed by atoms with van der Waals surface area (Å²) in [5, 5.41) is 0. The van der Waals surface area contributed by atoms with Gasteiger partial charge in [-0.25, -0.2) is 9.18 Å². The maximum Gasteiger partial charge on any atom is 0.410 e. The topological polar surface area (TPSA) is 29.5 Å². The number of rotatable bonds is 5. The largest absolute Gasteiger partial charge is 0.445 e. The molecule has 0 saturated carbocycles. The van der Waals surface area contributed by atoms with Gasteiger partial charge < -0.3 is 4.74 Å². The molecule has 3 rings (SSSR count). The molecular formula is C19H20F3NO2. The van der Waals surface area contributed by atoms with Crippen molar-refractivity contribution in [3.63, 3.8) is 0 Å². The molecule has 0 N–H and O–H groups in total. The maximum atomic E-state index is 13.0. The summed E-state index contributed by atoms with van der Waals surface area (Å²) in [5.74, 6) is -1.35. The van der Waals surface area contributed by atoms with Crippen molar-refractivity contribution in [1.82, 2.24) is 4.90 Å². The molecule has 6 heteroatoms. The van der Waals surface area contributed by atoms with Gasteiger partial charge >= 0.3 is 12.2 Å². The molecule has 2 bridgehead atoms. The first-order valence-corrected chi connectivity index (χ1v) is 8.43. The lowest BCUT2D eigenvalue weighted by Crippen LogP contribution is -2.43. The molecule has 134 valence electrons. The van der Waals surface area contributed by atoms with Crippen molar-refractivity contribution in [3.05, 3.63) is 59.5 Å². The number of halogens is 3. The van der Waals surface area contributed by atoms with Crippen LogP contribution in [0.15, 0.2) is 53.9 Å². The zero-order chi connectivity index (χ0) is 17.8. The smallest absolute Gasteiger partial charge is 0.410 e. The SMILES string of the molecule is O=C(OCc1ccccc1)N1C2C=C(CCC(F)=C(F)F)CC1CC2. The number of ether oxygens (including phenoxy) is 1. The number of hydrogen-bond acceptors (Lipinski definition) is 2. The van der Waals surface area contributed by atoms with Crippen LogP contribution in [-0.4, -0.2) is 23.1 Å². The molecule has 0 spiro atoms. The number of carbonyl (C=O) groups excluding carboxylic acids is 1. The zero-order valence-corrected chi connectivity index (χ0v) is 13.8. The standard InChI is InChI=1S/C19H20F3NO2/c20-17(18(21)22)9-6-14-10-15-7-8-16(11-14)23(15)19(24)25-12-13-4-2-1-3-5-13/h1-5,10,15-16H,6-9,11-12H2. The molecule has 0 aromatic heterocycles. The lowest BCUT2D eigenvalue weighted by Gasteiger charge is -2.33. The van der Waals surface area contributed by atoms with Gasteiger partial charge in [-0.1, -0.05) is 42.0 Å². The van der Waals surface area contributed by atoms with Crippen molar-refractivity contribution < 1.29 is 22.7 Å². The third-order valence-corrected chi connectivity index (χ3v) is 4.76. The molecule has 2 aliphatic rings. The Morgan fingerprint density at radius 3 is 2.60 bits per heavy atom. The summed E-state index contributed by atoms with van der Waals surface area (Å²) in [4.78, 5) is 14.1. The molecular weight excluding hydrogens is 331 g/mol. The first-order valence-electron chi connectivity index (χ1n) is 8.43. The molecule has 2 aliphatic heterocycles. The number of hydrogen-bond donors (Lipinski definition) is 0. The van der Waals surface area contributed by atoms with Gasteiger partial charge in [-0.15, -0.1) is 0 Å². The van der Waals surface area contributed by atoms with Crippen molar-refractivity contribution in [3.8, 4) is 0 Å². The Kier molecular flexibility index (Phi) is 5.46. The van der Waals surface area contributed by atoms with E-state index in [9.17, 15) is 18.0 Å². The van der Waals surface area contributed by atoms with Crippen molar-refractivity contribution >= 4 is 6.09 Å². The molecule has 2 atom stereocenters. The highest BCUT2D eigenvalue weighted by atomic mass is 19.3. The third kappa shape index (κ3) is 4.24. The van der Waals surface area contributed by atoms with E-state index in [4.69, 9.17) is 4.74 Å². The summed E-state index contributed by atoms with van der Waals surface area (Å²) in [5.41, 5.74) is 1.86. The van der Waals surface area contributed by atoms with Gasteiger partial charge in [-0.3, -0.25) is 4.90 Å². The van der Waals surface area contributed by atoms with Gasteiger partial charge in [-0.05, 0) is 31.2 Å². The van der Waals surface area contributed by atoms with E-state index in [0.717, 1.165) is 24.0 Å². The van der Waals surface area contributed by atoms with Crippen LogP contribution < -0.4 is 0 Å². The van der Waals surface area contributed by atoms with E-state index in [0.29, 0.717) is 6.42 Å². The molecule has 1 amide bonds. The van der Waals surface area contributed by atoms with Gasteiger partial charge in [0, 0.05) is 12.5 Å². The van der Waals surface area contributed by atoms with Crippen molar-refractivity contribution in [1.29, 1.82) is 0 Å². The monoisotopic (exact) mass is 351 g/mol. The van der Waals surface area contributed by atoms with E-state index in [1.165, 1.54) is 0 Å². The second-order valence-electron chi connectivity index (χ2n) is 6.44. The van der Waals surface area contributed by atoms with Crippen LogP contribution in [0.3, 0.4) is 0 Å². The number of carbonyl (C=O) groups is 1. The Bertz CT molecular complexity index is 683. The van der Waals surface area contributed by atoms with Crippen molar-refractivity contribution in [2.75, 3.05) is 0 Å². The Morgan fingerprint density at radius 2 is 1.92 bits per heavy atom. The van der Waals surface area contributed by atoms with E-state index in [2.05, 4.69) is 0 Å². The maximum absolute atomic E-state index is 13.0. The van der Waals surface area contributed by atoms with Gasteiger partial charge in [0.1, 0.15) is 6.61 Å². The fourth-order valence-corrected chi connectivity index (χ4v) is 3.55. The molecule has 2 heterocycles. The van der Waals surface area contributed by atoms with Crippen LogP contribution in [0.5, 0.6) is 0 Å². The average molecular weight is 351 g/mol. The first-order chi connectivity index (χ1) is 12.0. The average Bonchev–Trinajstić information content (AvgIpc) is 2.89. The summed E-state index contributed by atoms with van der Waals surface area (Å²) < 4.78 is 42.7. The fraction of sp³-hybridized carbons (Fsp3) is 0.421. The first kappa shape index (κ1) is 17.6. The van der Waals surface area contributed by atoms with Gasteiger partial charge in [0.2, 0.25) is 0 Å². The van der Waals surface area contributed by atoms with Gasteiger partial charge in [0.05, 0.1) is 6.04 Å². The van der Waals surface area contributed by atoms with Gasteiger partial charge in [0.15, 0.2) is 5.83 Å². The van der Waals surface area contributed by atoms with Crippen molar-refractivity contribution in [2.24, 2.45) is 0 Å². The van der Waals surface area contributed by atoms with Crippen LogP contribution >= 0.6 is 0 Å². The van der Waals surface area contributed by atoms with E-state index < -0.39 is 11.9 Å². The van der Waals surface area contributed by atoms with Crippen LogP contribution in [0.25, 0.3) is 0 Å². The van der Waals surface area contributed by atoms with E-state index >= 15 is 0 Å². The van der Waals surface area contributed by atoms with Crippen LogP contribution in [0.1, 0.15) is 37.7 Å². The predicted molar refractivity (Wildman–Crippen MR) is 87.6 cm³/mol. The van der Waals surface area contributed by atoms with Crippen LogP contribution in [0.4, 0.5) is 18.0 Å². The number of allylic oxidation sites excluding steroid dienone is 1. The zero-order valence-electron chi connectivity index (χ0n) is 13.8. The summed E-state index contributed by atoms with van der Waals surface area (Å²) in [7, 11) is 0. The molecule has 25 heavy (non-hydrogen) atoms.